The van der Waals surface area contributed by atoms with Crippen LogP contribution in [0, 0.1) is 6.92 Å². The molecule has 2 amide bonds. The van der Waals surface area contributed by atoms with Crippen molar-refractivity contribution in [3.8, 4) is 0 Å². The number of aryl methyl sites for hydroxylation is 1. The van der Waals surface area contributed by atoms with E-state index in [1.165, 1.54) is 0 Å². The second-order valence-electron chi connectivity index (χ2n) is 5.37. The number of carbonyl (C=O) groups is 1. The second-order valence-corrected chi connectivity index (χ2v) is 5.37. The number of para-hydroxylation sites is 1. The first-order valence-electron chi connectivity index (χ1n) is 7.50. The summed E-state index contributed by atoms with van der Waals surface area (Å²) in [7, 11) is 0. The van der Waals surface area contributed by atoms with E-state index in [1.54, 1.807) is 4.90 Å². The summed E-state index contributed by atoms with van der Waals surface area (Å²) in [6.07, 6.45) is 1.83. The summed E-state index contributed by atoms with van der Waals surface area (Å²) in [5.74, 6) is 0.830. The minimum absolute atomic E-state index is 0.169. The average molecular weight is 293 g/mol. The first-order valence-corrected chi connectivity index (χ1v) is 7.50. The normalized spacial score (nSPS) is 13.6. The van der Waals surface area contributed by atoms with Gasteiger partial charge in [-0.3, -0.25) is 9.89 Å². The maximum absolute atomic E-state index is 12.7. The Bertz CT molecular complexity index is 694. The van der Waals surface area contributed by atoms with E-state index in [4.69, 9.17) is 0 Å². The molecule has 2 aromatic rings. The molecule has 4 nitrogen and oxygen atoms in total. The zero-order chi connectivity index (χ0) is 15.4. The van der Waals surface area contributed by atoms with Crippen molar-refractivity contribution in [1.82, 2.24) is 0 Å². The Hall–Kier alpha value is -2.62. The minimum Gasteiger partial charge on any atom is -0.307 e. The Kier molecular flexibility index (Phi) is 4.19. The van der Waals surface area contributed by atoms with Crippen LogP contribution in [-0.4, -0.2) is 18.4 Å². The van der Waals surface area contributed by atoms with E-state index < -0.39 is 0 Å². The van der Waals surface area contributed by atoms with E-state index >= 15 is 0 Å². The van der Waals surface area contributed by atoms with Gasteiger partial charge in [0.05, 0.1) is 5.69 Å². The zero-order valence-electron chi connectivity index (χ0n) is 12.6. The number of nitrogens with zero attached hydrogens (tertiary/aromatic N) is 2. The van der Waals surface area contributed by atoms with E-state index in [9.17, 15) is 4.79 Å². The van der Waals surface area contributed by atoms with Gasteiger partial charge in [-0.25, -0.2) is 4.79 Å². The van der Waals surface area contributed by atoms with Gasteiger partial charge in [0.1, 0.15) is 5.84 Å². The van der Waals surface area contributed by atoms with Crippen molar-refractivity contribution in [2.45, 2.75) is 19.8 Å². The average Bonchev–Trinajstić information content (AvgIpc) is 3.02. The molecule has 22 heavy (non-hydrogen) atoms. The predicted octanol–water partition coefficient (Wildman–Crippen LogP) is 4.23. The molecule has 0 saturated carbocycles. The fraction of sp³-hybridized carbons (Fsp3) is 0.222. The Labute approximate surface area is 130 Å². The summed E-state index contributed by atoms with van der Waals surface area (Å²) in [6.45, 7) is 2.79. The largest absolute Gasteiger partial charge is 0.331 e. The summed E-state index contributed by atoms with van der Waals surface area (Å²) in [6, 6.07) is 17.3. The molecule has 4 heteroatoms. The third kappa shape index (κ3) is 3.17. The van der Waals surface area contributed by atoms with Crippen molar-refractivity contribution in [2.24, 2.45) is 4.99 Å². The van der Waals surface area contributed by atoms with Crippen LogP contribution in [0.15, 0.2) is 59.6 Å². The van der Waals surface area contributed by atoms with Crippen LogP contribution in [0.4, 0.5) is 16.2 Å². The first-order chi connectivity index (χ1) is 10.7. The molecule has 0 spiro atoms. The molecule has 0 fully saturated rings. The molecular weight excluding hydrogens is 274 g/mol. The Balaban J connectivity index is 1.87. The summed E-state index contributed by atoms with van der Waals surface area (Å²) < 4.78 is 0. The number of urea groups is 1. The fourth-order valence-electron chi connectivity index (χ4n) is 2.57. The number of amides is 2. The van der Waals surface area contributed by atoms with Crippen LogP contribution in [0.1, 0.15) is 18.4 Å². The highest BCUT2D eigenvalue weighted by atomic mass is 16.2. The van der Waals surface area contributed by atoms with Gasteiger partial charge in [-0.05, 0) is 43.2 Å². The van der Waals surface area contributed by atoms with Gasteiger partial charge in [-0.1, -0.05) is 30.3 Å². The minimum atomic E-state index is -0.169. The van der Waals surface area contributed by atoms with Crippen LogP contribution in [0.5, 0.6) is 0 Å². The third-order valence-corrected chi connectivity index (χ3v) is 3.60. The van der Waals surface area contributed by atoms with E-state index in [0.29, 0.717) is 0 Å². The van der Waals surface area contributed by atoms with Crippen molar-refractivity contribution in [2.75, 3.05) is 16.8 Å². The van der Waals surface area contributed by atoms with E-state index in [2.05, 4.69) is 10.3 Å². The van der Waals surface area contributed by atoms with Gasteiger partial charge in [0, 0.05) is 18.7 Å². The highest BCUT2D eigenvalue weighted by Crippen LogP contribution is 2.21. The van der Waals surface area contributed by atoms with Gasteiger partial charge >= 0.3 is 6.03 Å². The summed E-state index contributed by atoms with van der Waals surface area (Å²) in [4.78, 5) is 18.9. The van der Waals surface area contributed by atoms with Crippen molar-refractivity contribution in [3.05, 3.63) is 60.2 Å². The molecule has 0 unspecified atom stereocenters. The molecule has 0 aromatic heterocycles. The zero-order valence-corrected chi connectivity index (χ0v) is 12.6. The Morgan fingerprint density at radius 1 is 1.14 bits per heavy atom. The first kappa shape index (κ1) is 14.3. The standard InChI is InChI=1S/C18H19N3O/c1-14-7-5-8-15(13-14)20-18(22)21(17-11-6-12-19-17)16-9-3-2-4-10-16/h2-5,7-10,13H,6,11-12H2,1H3,(H,20,22). The maximum atomic E-state index is 12.7. The molecular formula is C18H19N3O. The van der Waals surface area contributed by atoms with E-state index in [1.807, 2.05) is 61.5 Å². The Morgan fingerprint density at radius 2 is 1.95 bits per heavy atom. The summed E-state index contributed by atoms with van der Waals surface area (Å²) >= 11 is 0. The molecule has 1 aliphatic rings. The molecule has 0 atom stereocenters. The van der Waals surface area contributed by atoms with Crippen LogP contribution in [0.2, 0.25) is 0 Å². The third-order valence-electron chi connectivity index (χ3n) is 3.60. The van der Waals surface area contributed by atoms with Crippen LogP contribution in [0.25, 0.3) is 0 Å². The smallest absolute Gasteiger partial charge is 0.307 e. The highest BCUT2D eigenvalue weighted by Gasteiger charge is 2.23. The SMILES string of the molecule is Cc1cccc(NC(=O)N(C2=NCCC2)c2ccccc2)c1. The van der Waals surface area contributed by atoms with Crippen LogP contribution in [0.3, 0.4) is 0 Å². The number of anilines is 2. The van der Waals surface area contributed by atoms with Gasteiger partial charge in [0.25, 0.3) is 0 Å². The molecule has 1 heterocycles. The van der Waals surface area contributed by atoms with Crippen LogP contribution in [-0.2, 0) is 0 Å². The van der Waals surface area contributed by atoms with Gasteiger partial charge in [0.2, 0.25) is 0 Å². The number of rotatable bonds is 2. The number of benzene rings is 2. The van der Waals surface area contributed by atoms with Crippen LogP contribution >= 0.6 is 0 Å². The highest BCUT2D eigenvalue weighted by molar-refractivity contribution is 6.20. The predicted molar refractivity (Wildman–Crippen MR) is 90.7 cm³/mol. The Morgan fingerprint density at radius 3 is 2.64 bits per heavy atom. The number of hydrogen-bond acceptors (Lipinski definition) is 2. The van der Waals surface area contributed by atoms with Gasteiger partial charge in [-0.15, -0.1) is 0 Å². The quantitative estimate of drug-likeness (QED) is 0.885. The van der Waals surface area contributed by atoms with Gasteiger partial charge < -0.3 is 5.32 Å². The molecule has 1 N–H and O–H groups in total. The number of hydrogen-bond donors (Lipinski definition) is 1. The number of aliphatic imine (C=N–C) groups is 1. The van der Waals surface area contributed by atoms with Gasteiger partial charge in [0.15, 0.2) is 0 Å². The summed E-state index contributed by atoms with van der Waals surface area (Å²) in [5, 5.41) is 2.96. The molecule has 2 aromatic carbocycles. The van der Waals surface area contributed by atoms with Crippen LogP contribution < -0.4 is 10.2 Å². The lowest BCUT2D eigenvalue weighted by atomic mass is 10.2. The lowest BCUT2D eigenvalue weighted by Gasteiger charge is -2.23. The number of nitrogens with one attached hydrogen (secondary N) is 1. The van der Waals surface area contributed by atoms with Crippen molar-refractivity contribution in [3.63, 3.8) is 0 Å². The lowest BCUT2D eigenvalue weighted by molar-refractivity contribution is 0.259. The molecule has 0 aliphatic carbocycles. The number of carbonyl (C=O) groups excluding carboxylic acids is 1. The second kappa shape index (κ2) is 6.43. The van der Waals surface area contributed by atoms with Crippen molar-refractivity contribution < 1.29 is 4.79 Å². The molecule has 112 valence electrons. The monoisotopic (exact) mass is 293 g/mol. The molecule has 0 radical (unpaired) electrons. The van der Waals surface area contributed by atoms with Crippen molar-refractivity contribution >= 4 is 23.2 Å². The number of amidine groups is 1. The topological polar surface area (TPSA) is 44.7 Å². The van der Waals surface area contributed by atoms with E-state index in [0.717, 1.165) is 42.2 Å². The fourth-order valence-corrected chi connectivity index (χ4v) is 2.57. The van der Waals surface area contributed by atoms with E-state index in [-0.39, 0.29) is 6.03 Å². The van der Waals surface area contributed by atoms with Gasteiger partial charge in [-0.2, -0.15) is 0 Å². The maximum Gasteiger partial charge on any atom is 0.331 e. The molecule has 1 aliphatic heterocycles. The molecule has 0 saturated heterocycles. The van der Waals surface area contributed by atoms with Crippen molar-refractivity contribution in [1.29, 1.82) is 0 Å². The summed E-state index contributed by atoms with van der Waals surface area (Å²) in [5.41, 5.74) is 2.75. The molecule has 3 rings (SSSR count). The lowest BCUT2D eigenvalue weighted by Crippen LogP contribution is -2.39. The molecule has 0 bridgehead atoms.